The average Bonchev–Trinajstić information content (AvgIpc) is 3.06. The number of H-pyrrole nitrogens is 1. The van der Waals surface area contributed by atoms with E-state index in [4.69, 9.17) is 9.40 Å². The smallest absolute Gasteiger partial charge is 0.336 e. The monoisotopic (exact) mass is 483 g/mol. The zero-order valence-corrected chi connectivity index (χ0v) is 20.5. The van der Waals surface area contributed by atoms with Crippen LogP contribution >= 0.6 is 23.1 Å². The maximum absolute atomic E-state index is 12.9. The minimum Gasteiger partial charge on any atom is -0.423 e. The van der Waals surface area contributed by atoms with E-state index in [2.05, 4.69) is 24.1 Å². The first kappa shape index (κ1) is 23.3. The third kappa shape index (κ3) is 5.04. The summed E-state index contributed by atoms with van der Waals surface area (Å²) in [6.07, 6.45) is 1.92. The third-order valence-electron chi connectivity index (χ3n) is 5.61. The fourth-order valence-corrected chi connectivity index (χ4v) is 5.70. The van der Waals surface area contributed by atoms with Crippen LogP contribution in [0.4, 0.5) is 5.69 Å². The Morgan fingerprint density at radius 1 is 1.30 bits per heavy atom. The lowest BCUT2D eigenvalue weighted by Gasteiger charge is -2.09. The second-order valence-electron chi connectivity index (χ2n) is 8.18. The predicted octanol–water partition coefficient (Wildman–Crippen LogP) is 5.24. The van der Waals surface area contributed by atoms with Gasteiger partial charge in [0, 0.05) is 40.8 Å². The number of carbonyl (C=O) groups excluding carboxylic acids is 1. The number of carbonyl (C=O) groups is 1. The number of fused-ring (bicyclic) bond motifs is 2. The molecule has 0 spiro atoms. The van der Waals surface area contributed by atoms with E-state index in [-0.39, 0.29) is 11.5 Å². The number of benzene rings is 1. The molecule has 3 heterocycles. The number of rotatable bonds is 7. The minimum absolute atomic E-state index is 0.123. The Labute approximate surface area is 198 Å². The summed E-state index contributed by atoms with van der Waals surface area (Å²) in [5.41, 5.74) is 2.21. The Morgan fingerprint density at radius 2 is 2.09 bits per heavy atom. The number of amides is 1. The third-order valence-corrected chi connectivity index (χ3v) is 7.57. The van der Waals surface area contributed by atoms with Gasteiger partial charge in [-0.3, -0.25) is 9.59 Å². The highest BCUT2D eigenvalue weighted by Crippen LogP contribution is 2.32. The molecule has 0 saturated heterocycles. The standard InChI is InChI=1S/C24H25N3O4S2/c1-5-12(2)8-18-13(3)33-23-21(18)22(30)26-24(27-23)32-11-15-9-20(29)31-19-10-16(25-14(4)28)6-7-17(15)19/h6-7,9-10,12H,5,8,11H2,1-4H3,(H,25,28)(H,26,27,30). The number of aryl methyl sites for hydroxylation is 1. The van der Waals surface area contributed by atoms with E-state index in [0.29, 0.717) is 33.5 Å². The molecule has 0 saturated carbocycles. The molecule has 1 atom stereocenters. The second-order valence-corrected chi connectivity index (χ2v) is 10.3. The summed E-state index contributed by atoms with van der Waals surface area (Å²) in [5, 5.41) is 4.66. The number of hydrogen-bond donors (Lipinski definition) is 2. The number of nitrogens with zero attached hydrogens (tertiary/aromatic N) is 1. The fraction of sp³-hybridized carbons (Fsp3) is 0.333. The van der Waals surface area contributed by atoms with Crippen molar-refractivity contribution in [2.45, 2.75) is 51.4 Å². The van der Waals surface area contributed by atoms with Crippen LogP contribution in [0.15, 0.2) is 43.4 Å². The Morgan fingerprint density at radius 3 is 2.82 bits per heavy atom. The molecule has 9 heteroatoms. The van der Waals surface area contributed by atoms with Crippen molar-refractivity contribution in [3.63, 3.8) is 0 Å². The first-order valence-corrected chi connectivity index (χ1v) is 12.5. The molecular weight excluding hydrogens is 458 g/mol. The maximum Gasteiger partial charge on any atom is 0.336 e. The van der Waals surface area contributed by atoms with Gasteiger partial charge in [0.05, 0.1) is 5.39 Å². The molecule has 1 unspecified atom stereocenters. The van der Waals surface area contributed by atoms with Crippen molar-refractivity contribution in [1.29, 1.82) is 0 Å². The Kier molecular flexibility index (Phi) is 6.71. The molecule has 0 radical (unpaired) electrons. The lowest BCUT2D eigenvalue weighted by molar-refractivity contribution is -0.114. The SMILES string of the molecule is CCC(C)Cc1c(C)sc2nc(SCc3cc(=O)oc4cc(NC(C)=O)ccc34)[nH]c(=O)c12. The van der Waals surface area contributed by atoms with Crippen molar-refractivity contribution in [3.8, 4) is 0 Å². The van der Waals surface area contributed by atoms with Gasteiger partial charge in [-0.2, -0.15) is 0 Å². The highest BCUT2D eigenvalue weighted by Gasteiger charge is 2.17. The van der Waals surface area contributed by atoms with Crippen molar-refractivity contribution in [1.82, 2.24) is 9.97 Å². The second kappa shape index (κ2) is 9.52. The zero-order chi connectivity index (χ0) is 23.7. The molecule has 0 fully saturated rings. The van der Waals surface area contributed by atoms with Crippen molar-refractivity contribution >= 4 is 55.9 Å². The number of thiophene rings is 1. The molecule has 1 amide bonds. The molecule has 172 valence electrons. The number of anilines is 1. The number of aromatic amines is 1. The molecular formula is C24H25N3O4S2. The van der Waals surface area contributed by atoms with Gasteiger partial charge in [0.15, 0.2) is 5.16 Å². The number of hydrogen-bond acceptors (Lipinski definition) is 7. The first-order chi connectivity index (χ1) is 15.7. The number of nitrogens with one attached hydrogen (secondary N) is 2. The van der Waals surface area contributed by atoms with Crippen molar-refractivity contribution in [2.24, 2.45) is 5.92 Å². The van der Waals surface area contributed by atoms with Gasteiger partial charge in [0.2, 0.25) is 5.91 Å². The van der Waals surface area contributed by atoms with Gasteiger partial charge in [-0.25, -0.2) is 9.78 Å². The van der Waals surface area contributed by atoms with Crippen LogP contribution in [0.25, 0.3) is 21.2 Å². The van der Waals surface area contributed by atoms with Gasteiger partial charge in [0.1, 0.15) is 10.4 Å². The molecule has 0 bridgehead atoms. The van der Waals surface area contributed by atoms with E-state index >= 15 is 0 Å². The molecule has 4 aromatic rings. The molecule has 0 aliphatic heterocycles. The highest BCUT2D eigenvalue weighted by molar-refractivity contribution is 7.98. The van der Waals surface area contributed by atoms with E-state index in [0.717, 1.165) is 39.1 Å². The van der Waals surface area contributed by atoms with Gasteiger partial charge in [-0.15, -0.1) is 11.3 Å². The summed E-state index contributed by atoms with van der Waals surface area (Å²) in [7, 11) is 0. The molecule has 1 aromatic carbocycles. The Balaban J connectivity index is 1.64. The van der Waals surface area contributed by atoms with E-state index in [9.17, 15) is 14.4 Å². The van der Waals surface area contributed by atoms with E-state index in [1.807, 2.05) is 13.0 Å². The van der Waals surface area contributed by atoms with Crippen molar-refractivity contribution in [3.05, 3.63) is 61.0 Å². The molecule has 2 N–H and O–H groups in total. The quantitative estimate of drug-likeness (QED) is 0.212. The predicted molar refractivity (Wildman–Crippen MR) is 134 cm³/mol. The van der Waals surface area contributed by atoms with Gasteiger partial charge >= 0.3 is 5.63 Å². The minimum atomic E-state index is -0.474. The summed E-state index contributed by atoms with van der Waals surface area (Å²) in [4.78, 5) is 45.8. The van der Waals surface area contributed by atoms with Gasteiger partial charge in [0.25, 0.3) is 5.56 Å². The van der Waals surface area contributed by atoms with Crippen LogP contribution in [0.2, 0.25) is 0 Å². The van der Waals surface area contributed by atoms with Crippen LogP contribution < -0.4 is 16.5 Å². The van der Waals surface area contributed by atoms with Crippen molar-refractivity contribution < 1.29 is 9.21 Å². The average molecular weight is 484 g/mol. The molecule has 7 nitrogen and oxygen atoms in total. The van der Waals surface area contributed by atoms with Crippen LogP contribution in [0, 0.1) is 12.8 Å². The normalized spacial score (nSPS) is 12.4. The van der Waals surface area contributed by atoms with Crippen molar-refractivity contribution in [2.75, 3.05) is 5.32 Å². The van der Waals surface area contributed by atoms with Crippen LogP contribution in [-0.4, -0.2) is 15.9 Å². The van der Waals surface area contributed by atoms with Crippen LogP contribution in [0.5, 0.6) is 0 Å². The molecule has 0 aliphatic rings. The lowest BCUT2D eigenvalue weighted by Crippen LogP contribution is -2.11. The number of thioether (sulfide) groups is 1. The summed E-state index contributed by atoms with van der Waals surface area (Å²) in [5.74, 6) is 0.726. The maximum atomic E-state index is 12.9. The van der Waals surface area contributed by atoms with Gasteiger partial charge < -0.3 is 14.7 Å². The molecule has 3 aromatic heterocycles. The number of aromatic nitrogens is 2. The van der Waals surface area contributed by atoms with Gasteiger partial charge in [-0.1, -0.05) is 32.0 Å². The van der Waals surface area contributed by atoms with Gasteiger partial charge in [-0.05, 0) is 42.5 Å². The fourth-order valence-electron chi connectivity index (χ4n) is 3.74. The Hall–Kier alpha value is -2.91. The summed E-state index contributed by atoms with van der Waals surface area (Å²) in [6, 6.07) is 6.65. The van der Waals surface area contributed by atoms with E-state index < -0.39 is 5.63 Å². The summed E-state index contributed by atoms with van der Waals surface area (Å²) >= 11 is 2.91. The topological polar surface area (TPSA) is 105 Å². The zero-order valence-electron chi connectivity index (χ0n) is 18.9. The largest absolute Gasteiger partial charge is 0.423 e. The van der Waals surface area contributed by atoms with E-state index in [1.165, 1.54) is 24.8 Å². The molecule has 4 rings (SSSR count). The summed E-state index contributed by atoms with van der Waals surface area (Å²) in [6.45, 7) is 7.80. The molecule has 0 aliphatic carbocycles. The van der Waals surface area contributed by atoms with E-state index in [1.54, 1.807) is 23.5 Å². The molecule has 33 heavy (non-hydrogen) atoms. The van der Waals surface area contributed by atoms with Crippen LogP contribution in [0.1, 0.15) is 43.2 Å². The first-order valence-electron chi connectivity index (χ1n) is 10.7. The van der Waals surface area contributed by atoms with Crippen LogP contribution in [0.3, 0.4) is 0 Å². The lowest BCUT2D eigenvalue weighted by atomic mass is 9.98. The Bertz CT molecular complexity index is 1470. The summed E-state index contributed by atoms with van der Waals surface area (Å²) < 4.78 is 5.32. The van der Waals surface area contributed by atoms with Crippen LogP contribution in [-0.2, 0) is 17.0 Å². The highest BCUT2D eigenvalue weighted by atomic mass is 32.2.